The molecule has 2 N–H and O–H groups in total. The van der Waals surface area contributed by atoms with E-state index in [2.05, 4.69) is 64.5 Å². The van der Waals surface area contributed by atoms with Crippen molar-refractivity contribution in [2.75, 3.05) is 19.6 Å². The molecule has 3 nitrogen and oxygen atoms in total. The van der Waals surface area contributed by atoms with Crippen molar-refractivity contribution >= 4 is 23.7 Å². The van der Waals surface area contributed by atoms with Gasteiger partial charge in [-0.25, -0.2) is 4.98 Å². The van der Waals surface area contributed by atoms with Crippen molar-refractivity contribution in [3.63, 3.8) is 0 Å². The molecule has 2 atom stereocenters. The summed E-state index contributed by atoms with van der Waals surface area (Å²) in [6, 6.07) is 21.3. The second kappa shape index (κ2) is 8.78. The number of rotatable bonds is 5. The Kier molecular flexibility index (Phi) is 6.43. The predicted molar refractivity (Wildman–Crippen MR) is 112 cm³/mol. The first kappa shape index (κ1) is 19.1. The summed E-state index contributed by atoms with van der Waals surface area (Å²) in [6.45, 7) is 3.77. The Morgan fingerprint density at radius 2 is 1.69 bits per heavy atom. The summed E-state index contributed by atoms with van der Waals surface area (Å²) >= 11 is 1.79. The first-order chi connectivity index (χ1) is 12.3. The van der Waals surface area contributed by atoms with Crippen LogP contribution in [0.2, 0.25) is 0 Å². The molecule has 0 spiro atoms. The smallest absolute Gasteiger partial charge is 0.107 e. The molecule has 1 fully saturated rings. The maximum atomic E-state index is 6.06. The maximum absolute atomic E-state index is 6.06. The summed E-state index contributed by atoms with van der Waals surface area (Å²) in [5.41, 5.74) is 8.71. The van der Waals surface area contributed by atoms with Crippen LogP contribution >= 0.6 is 23.7 Å². The third kappa shape index (κ3) is 4.15. The van der Waals surface area contributed by atoms with Crippen molar-refractivity contribution in [3.05, 3.63) is 77.4 Å². The van der Waals surface area contributed by atoms with Crippen LogP contribution in [0.3, 0.4) is 0 Å². The Morgan fingerprint density at radius 3 is 2.38 bits per heavy atom. The second-order valence-electron chi connectivity index (χ2n) is 6.69. The van der Waals surface area contributed by atoms with Crippen LogP contribution in [0.25, 0.3) is 10.4 Å². The average molecular weight is 386 g/mol. The predicted octanol–water partition coefficient (Wildman–Crippen LogP) is 4.41. The van der Waals surface area contributed by atoms with E-state index in [1.807, 2.05) is 12.3 Å². The summed E-state index contributed by atoms with van der Waals surface area (Å²) in [4.78, 5) is 8.39. The molecule has 136 valence electrons. The van der Waals surface area contributed by atoms with Crippen LogP contribution in [0, 0.1) is 5.92 Å². The lowest BCUT2D eigenvalue weighted by atomic mass is 9.89. The number of halogens is 1. The zero-order valence-electron chi connectivity index (χ0n) is 14.6. The minimum absolute atomic E-state index is 0. The lowest BCUT2D eigenvalue weighted by molar-refractivity contribution is 0.316. The van der Waals surface area contributed by atoms with Crippen molar-refractivity contribution < 1.29 is 0 Å². The van der Waals surface area contributed by atoms with Crippen LogP contribution in [0.1, 0.15) is 16.5 Å². The minimum atomic E-state index is 0. The number of benzene rings is 2. The molecule has 1 aliphatic rings. The molecule has 1 aromatic heterocycles. The monoisotopic (exact) mass is 385 g/mol. The molecule has 5 heteroatoms. The van der Waals surface area contributed by atoms with Crippen LogP contribution in [-0.2, 0) is 6.54 Å². The molecule has 26 heavy (non-hydrogen) atoms. The van der Waals surface area contributed by atoms with Gasteiger partial charge in [-0.3, -0.25) is 4.90 Å². The fraction of sp³-hybridized carbons (Fsp3) is 0.286. The number of likely N-dealkylation sites (tertiary alicyclic amines) is 1. The molecule has 4 rings (SSSR count). The normalized spacial score (nSPS) is 20.0. The van der Waals surface area contributed by atoms with Crippen molar-refractivity contribution in [1.29, 1.82) is 0 Å². The lowest BCUT2D eigenvalue weighted by Crippen LogP contribution is -2.23. The summed E-state index contributed by atoms with van der Waals surface area (Å²) in [6.07, 6.45) is 2.00. The minimum Gasteiger partial charge on any atom is -0.330 e. The van der Waals surface area contributed by atoms with E-state index in [1.165, 1.54) is 21.0 Å². The zero-order valence-corrected chi connectivity index (χ0v) is 16.3. The van der Waals surface area contributed by atoms with Crippen molar-refractivity contribution in [1.82, 2.24) is 9.88 Å². The van der Waals surface area contributed by atoms with Gasteiger partial charge in [0.05, 0.1) is 11.4 Å². The Bertz CT molecular complexity index is 806. The van der Waals surface area contributed by atoms with Crippen molar-refractivity contribution in [2.24, 2.45) is 11.7 Å². The molecule has 2 aromatic carbocycles. The molecule has 0 bridgehead atoms. The van der Waals surface area contributed by atoms with E-state index in [0.29, 0.717) is 11.8 Å². The van der Waals surface area contributed by atoms with Crippen molar-refractivity contribution in [2.45, 2.75) is 12.5 Å². The Hall–Kier alpha value is -1.72. The zero-order chi connectivity index (χ0) is 17.1. The Morgan fingerprint density at radius 1 is 1.00 bits per heavy atom. The van der Waals surface area contributed by atoms with Gasteiger partial charge in [0, 0.05) is 25.2 Å². The van der Waals surface area contributed by atoms with Gasteiger partial charge in [-0.05, 0) is 23.6 Å². The number of nitrogens with two attached hydrogens (primary N) is 1. The second-order valence-corrected chi connectivity index (χ2v) is 7.81. The quantitative estimate of drug-likeness (QED) is 0.707. The van der Waals surface area contributed by atoms with Gasteiger partial charge in [0.1, 0.15) is 5.01 Å². The molecule has 2 heterocycles. The van der Waals surface area contributed by atoms with Crippen molar-refractivity contribution in [3.8, 4) is 10.4 Å². The van der Waals surface area contributed by atoms with Gasteiger partial charge >= 0.3 is 0 Å². The third-order valence-corrected chi connectivity index (χ3v) is 6.05. The van der Waals surface area contributed by atoms with Crippen LogP contribution in [-0.4, -0.2) is 29.5 Å². The third-order valence-electron chi connectivity index (χ3n) is 5.02. The average Bonchev–Trinajstić information content (AvgIpc) is 3.30. The van der Waals surface area contributed by atoms with E-state index in [4.69, 9.17) is 5.73 Å². The molecule has 0 radical (unpaired) electrons. The van der Waals surface area contributed by atoms with Gasteiger partial charge in [-0.1, -0.05) is 60.7 Å². The van der Waals surface area contributed by atoms with Crippen LogP contribution in [0.4, 0.5) is 0 Å². The molecular weight excluding hydrogens is 362 g/mol. The highest BCUT2D eigenvalue weighted by molar-refractivity contribution is 7.15. The molecule has 1 saturated heterocycles. The number of hydrogen-bond donors (Lipinski definition) is 1. The lowest BCUT2D eigenvalue weighted by Gasteiger charge is -2.16. The Balaban J connectivity index is 0.00000196. The SMILES string of the molecule is Cl.NC[C@@H]1CN(Cc2ncc(-c3ccccc3)s2)C[C@H]1c1ccccc1. The molecule has 1 aliphatic heterocycles. The van der Waals surface area contributed by atoms with E-state index >= 15 is 0 Å². The number of aromatic nitrogens is 1. The van der Waals surface area contributed by atoms with E-state index in [9.17, 15) is 0 Å². The summed E-state index contributed by atoms with van der Waals surface area (Å²) < 4.78 is 0. The van der Waals surface area contributed by atoms with Gasteiger partial charge in [-0.2, -0.15) is 0 Å². The topological polar surface area (TPSA) is 42.1 Å². The summed E-state index contributed by atoms with van der Waals surface area (Å²) in [7, 11) is 0. The van der Waals surface area contributed by atoms with Gasteiger partial charge < -0.3 is 5.73 Å². The standard InChI is InChI=1S/C21H23N3S.ClH/c22-11-18-13-24(14-19(18)16-7-3-1-4-8-16)15-21-23-12-20(25-21)17-9-5-2-6-10-17;/h1-10,12,18-19H,11,13-15,22H2;1H/t18-,19+;/m1./s1. The highest BCUT2D eigenvalue weighted by Gasteiger charge is 2.33. The first-order valence-electron chi connectivity index (χ1n) is 8.81. The molecule has 3 aromatic rings. The first-order valence-corrected chi connectivity index (χ1v) is 9.62. The highest BCUT2D eigenvalue weighted by Crippen LogP contribution is 2.34. The van der Waals surface area contributed by atoms with Crippen LogP contribution < -0.4 is 5.73 Å². The van der Waals surface area contributed by atoms with E-state index < -0.39 is 0 Å². The Labute approximate surface area is 165 Å². The van der Waals surface area contributed by atoms with E-state index in [0.717, 1.165) is 26.2 Å². The number of hydrogen-bond acceptors (Lipinski definition) is 4. The highest BCUT2D eigenvalue weighted by atomic mass is 35.5. The number of thiazole rings is 1. The molecule has 0 aliphatic carbocycles. The largest absolute Gasteiger partial charge is 0.330 e. The molecule has 0 saturated carbocycles. The van der Waals surface area contributed by atoms with Gasteiger partial charge in [0.2, 0.25) is 0 Å². The maximum Gasteiger partial charge on any atom is 0.107 e. The van der Waals surface area contributed by atoms with Gasteiger partial charge in [0.15, 0.2) is 0 Å². The molecule has 0 amide bonds. The van der Waals surface area contributed by atoms with E-state index in [-0.39, 0.29) is 12.4 Å². The molecule has 0 unspecified atom stereocenters. The van der Waals surface area contributed by atoms with Gasteiger partial charge in [0.25, 0.3) is 0 Å². The van der Waals surface area contributed by atoms with Crippen LogP contribution in [0.5, 0.6) is 0 Å². The molecular formula is C21H24ClN3S. The fourth-order valence-corrected chi connectivity index (χ4v) is 4.68. The number of nitrogens with zero attached hydrogens (tertiary/aromatic N) is 2. The van der Waals surface area contributed by atoms with E-state index in [1.54, 1.807) is 11.3 Å². The van der Waals surface area contributed by atoms with Gasteiger partial charge in [-0.15, -0.1) is 23.7 Å². The van der Waals surface area contributed by atoms with Crippen LogP contribution in [0.15, 0.2) is 66.9 Å². The summed E-state index contributed by atoms with van der Waals surface area (Å²) in [5, 5.41) is 1.18. The fourth-order valence-electron chi connectivity index (χ4n) is 3.72. The summed E-state index contributed by atoms with van der Waals surface area (Å²) in [5.74, 6) is 1.05.